The maximum absolute atomic E-state index is 11.8. The van der Waals surface area contributed by atoms with Crippen molar-refractivity contribution >= 4 is 23.4 Å². The number of thioether (sulfide) groups is 1. The van der Waals surface area contributed by atoms with Gasteiger partial charge in [0.1, 0.15) is 0 Å². The van der Waals surface area contributed by atoms with Crippen molar-refractivity contribution < 1.29 is 14.3 Å². The monoisotopic (exact) mass is 301 g/mol. The summed E-state index contributed by atoms with van der Waals surface area (Å²) in [4.78, 5) is 11.8. The van der Waals surface area contributed by atoms with Gasteiger partial charge in [0, 0.05) is 11.4 Å². The van der Waals surface area contributed by atoms with Crippen LogP contribution in [0.2, 0.25) is 0 Å². The van der Waals surface area contributed by atoms with Crippen molar-refractivity contribution in [1.82, 2.24) is 0 Å². The van der Waals surface area contributed by atoms with Gasteiger partial charge in [-0.1, -0.05) is 24.3 Å². The SMILES string of the molecule is O=C(CSCc1ccc2c(c1)OCO2)Nc1ccccc1. The van der Waals surface area contributed by atoms with E-state index in [1.165, 1.54) is 0 Å². The van der Waals surface area contributed by atoms with Gasteiger partial charge in [-0.3, -0.25) is 4.79 Å². The Hall–Kier alpha value is -2.14. The molecule has 21 heavy (non-hydrogen) atoms. The molecule has 1 heterocycles. The summed E-state index contributed by atoms with van der Waals surface area (Å²) in [5.74, 6) is 2.75. The number of hydrogen-bond donors (Lipinski definition) is 1. The van der Waals surface area contributed by atoms with E-state index in [9.17, 15) is 4.79 Å². The van der Waals surface area contributed by atoms with E-state index in [1.807, 2.05) is 48.5 Å². The van der Waals surface area contributed by atoms with Gasteiger partial charge in [-0.05, 0) is 29.8 Å². The molecule has 2 aromatic carbocycles. The van der Waals surface area contributed by atoms with Crippen molar-refractivity contribution in [2.75, 3.05) is 17.9 Å². The standard InChI is InChI=1S/C16H15NO3S/c18-16(17-13-4-2-1-3-5-13)10-21-9-12-6-7-14-15(8-12)20-11-19-14/h1-8H,9-11H2,(H,17,18). The molecule has 0 radical (unpaired) electrons. The lowest BCUT2D eigenvalue weighted by molar-refractivity contribution is -0.113. The Balaban J connectivity index is 1.46. The van der Waals surface area contributed by atoms with Gasteiger partial charge in [-0.25, -0.2) is 0 Å². The van der Waals surface area contributed by atoms with Crippen LogP contribution in [0.15, 0.2) is 48.5 Å². The summed E-state index contributed by atoms with van der Waals surface area (Å²) in [5, 5.41) is 2.87. The van der Waals surface area contributed by atoms with Crippen molar-refractivity contribution in [3.05, 3.63) is 54.1 Å². The maximum Gasteiger partial charge on any atom is 0.234 e. The Bertz CT molecular complexity index is 631. The molecule has 0 aromatic heterocycles. The average molecular weight is 301 g/mol. The maximum atomic E-state index is 11.8. The smallest absolute Gasteiger partial charge is 0.234 e. The molecule has 0 saturated heterocycles. The number of carbonyl (C=O) groups is 1. The molecule has 0 atom stereocenters. The number of rotatable bonds is 5. The van der Waals surface area contributed by atoms with Crippen LogP contribution in [-0.2, 0) is 10.5 Å². The molecule has 0 bridgehead atoms. The Morgan fingerprint density at radius 2 is 1.90 bits per heavy atom. The van der Waals surface area contributed by atoms with Gasteiger partial charge in [0.05, 0.1) is 5.75 Å². The van der Waals surface area contributed by atoms with E-state index in [4.69, 9.17) is 9.47 Å². The molecule has 0 unspecified atom stereocenters. The number of fused-ring (bicyclic) bond motifs is 1. The number of para-hydroxylation sites is 1. The first-order valence-electron chi connectivity index (χ1n) is 6.62. The highest BCUT2D eigenvalue weighted by Gasteiger charge is 2.13. The van der Waals surface area contributed by atoms with E-state index in [0.29, 0.717) is 5.75 Å². The number of anilines is 1. The Kier molecular flexibility index (Phi) is 4.31. The summed E-state index contributed by atoms with van der Waals surface area (Å²) >= 11 is 1.57. The topological polar surface area (TPSA) is 47.6 Å². The van der Waals surface area contributed by atoms with Crippen LogP contribution in [0.5, 0.6) is 11.5 Å². The average Bonchev–Trinajstić information content (AvgIpc) is 2.96. The molecule has 0 aliphatic carbocycles. The van der Waals surface area contributed by atoms with Crippen LogP contribution in [0.25, 0.3) is 0 Å². The molecular weight excluding hydrogens is 286 g/mol. The predicted molar refractivity (Wildman–Crippen MR) is 83.8 cm³/mol. The van der Waals surface area contributed by atoms with E-state index >= 15 is 0 Å². The Morgan fingerprint density at radius 3 is 2.76 bits per heavy atom. The number of carbonyl (C=O) groups excluding carboxylic acids is 1. The number of benzene rings is 2. The van der Waals surface area contributed by atoms with Crippen molar-refractivity contribution in [1.29, 1.82) is 0 Å². The summed E-state index contributed by atoms with van der Waals surface area (Å²) < 4.78 is 10.6. The van der Waals surface area contributed by atoms with Crippen molar-refractivity contribution in [2.45, 2.75) is 5.75 Å². The van der Waals surface area contributed by atoms with Gasteiger partial charge in [0.15, 0.2) is 11.5 Å². The summed E-state index contributed by atoms with van der Waals surface area (Å²) in [6.07, 6.45) is 0. The van der Waals surface area contributed by atoms with Gasteiger partial charge in [0.25, 0.3) is 0 Å². The second-order valence-electron chi connectivity index (χ2n) is 4.59. The second-order valence-corrected chi connectivity index (χ2v) is 5.58. The molecule has 0 fully saturated rings. The highest BCUT2D eigenvalue weighted by atomic mass is 32.2. The summed E-state index contributed by atoms with van der Waals surface area (Å²) in [5.41, 5.74) is 1.95. The quantitative estimate of drug-likeness (QED) is 0.920. The zero-order valence-electron chi connectivity index (χ0n) is 11.4. The largest absolute Gasteiger partial charge is 0.454 e. The number of amides is 1. The fraction of sp³-hybridized carbons (Fsp3) is 0.188. The van der Waals surface area contributed by atoms with Crippen molar-refractivity contribution in [2.24, 2.45) is 0 Å². The van der Waals surface area contributed by atoms with Crippen molar-refractivity contribution in [3.8, 4) is 11.5 Å². The second kappa shape index (κ2) is 6.54. The first kappa shape index (κ1) is 13.8. The van der Waals surface area contributed by atoms with E-state index in [2.05, 4.69) is 5.32 Å². The minimum atomic E-state index is 0.00643. The lowest BCUT2D eigenvalue weighted by Crippen LogP contribution is -2.13. The number of ether oxygens (including phenoxy) is 2. The van der Waals surface area contributed by atoms with Crippen LogP contribution in [0, 0.1) is 0 Å². The molecule has 1 amide bonds. The molecule has 2 aromatic rings. The molecule has 3 rings (SSSR count). The van der Waals surface area contributed by atoms with Gasteiger partial charge in [-0.15, -0.1) is 11.8 Å². The third kappa shape index (κ3) is 3.70. The summed E-state index contributed by atoms with van der Waals surface area (Å²) in [7, 11) is 0. The molecule has 1 N–H and O–H groups in total. The van der Waals surface area contributed by atoms with Crippen molar-refractivity contribution in [3.63, 3.8) is 0 Å². The van der Waals surface area contributed by atoms with Crippen LogP contribution < -0.4 is 14.8 Å². The molecule has 108 valence electrons. The van der Waals surface area contributed by atoms with Gasteiger partial charge >= 0.3 is 0 Å². The van der Waals surface area contributed by atoms with Gasteiger partial charge in [-0.2, -0.15) is 0 Å². The zero-order chi connectivity index (χ0) is 14.5. The molecular formula is C16H15NO3S. The highest BCUT2D eigenvalue weighted by molar-refractivity contribution is 7.99. The summed E-state index contributed by atoms with van der Waals surface area (Å²) in [6.45, 7) is 0.283. The molecule has 5 heteroatoms. The first-order valence-corrected chi connectivity index (χ1v) is 7.78. The van der Waals surface area contributed by atoms with E-state index in [-0.39, 0.29) is 12.7 Å². The normalized spacial score (nSPS) is 12.2. The predicted octanol–water partition coefficient (Wildman–Crippen LogP) is 3.29. The highest BCUT2D eigenvalue weighted by Crippen LogP contribution is 2.33. The first-order chi connectivity index (χ1) is 10.3. The minimum absolute atomic E-state index is 0.00643. The molecule has 1 aliphatic rings. The fourth-order valence-electron chi connectivity index (χ4n) is 2.01. The lowest BCUT2D eigenvalue weighted by atomic mass is 10.2. The zero-order valence-corrected chi connectivity index (χ0v) is 12.2. The minimum Gasteiger partial charge on any atom is -0.454 e. The van der Waals surface area contributed by atoms with E-state index < -0.39 is 0 Å². The fourth-order valence-corrected chi connectivity index (χ4v) is 2.79. The third-order valence-corrected chi connectivity index (χ3v) is 4.00. The molecule has 4 nitrogen and oxygen atoms in total. The number of nitrogens with one attached hydrogen (secondary N) is 1. The summed E-state index contributed by atoms with van der Waals surface area (Å²) in [6, 6.07) is 15.3. The van der Waals surface area contributed by atoms with Crippen LogP contribution in [-0.4, -0.2) is 18.5 Å². The van der Waals surface area contributed by atoms with Gasteiger partial charge < -0.3 is 14.8 Å². The van der Waals surface area contributed by atoms with Crippen LogP contribution in [0.1, 0.15) is 5.56 Å². The van der Waals surface area contributed by atoms with E-state index in [0.717, 1.165) is 28.5 Å². The lowest BCUT2D eigenvalue weighted by Gasteiger charge is -2.05. The molecule has 0 saturated carbocycles. The number of hydrogen-bond acceptors (Lipinski definition) is 4. The Morgan fingerprint density at radius 1 is 1.10 bits per heavy atom. The van der Waals surface area contributed by atoms with Crippen LogP contribution >= 0.6 is 11.8 Å². The van der Waals surface area contributed by atoms with Gasteiger partial charge in [0.2, 0.25) is 12.7 Å². The molecule has 1 aliphatic heterocycles. The Labute approximate surface area is 127 Å². The third-order valence-electron chi connectivity index (χ3n) is 3.00. The molecule has 0 spiro atoms. The van der Waals surface area contributed by atoms with E-state index in [1.54, 1.807) is 11.8 Å². The van der Waals surface area contributed by atoms with Crippen LogP contribution in [0.4, 0.5) is 5.69 Å². The van der Waals surface area contributed by atoms with Crippen LogP contribution in [0.3, 0.4) is 0 Å².